The second kappa shape index (κ2) is 6.87. The average molecular weight is 372 g/mol. The second-order valence-electron chi connectivity index (χ2n) is 6.17. The van der Waals surface area contributed by atoms with Gasteiger partial charge in [-0.15, -0.1) is 0 Å². The molecule has 0 unspecified atom stereocenters. The van der Waals surface area contributed by atoms with Crippen molar-refractivity contribution >= 4 is 23.8 Å². The Balaban J connectivity index is 2.15. The van der Waals surface area contributed by atoms with Gasteiger partial charge in [-0.25, -0.2) is 5.01 Å². The summed E-state index contributed by atoms with van der Waals surface area (Å²) in [4.78, 5) is 25.1. The van der Waals surface area contributed by atoms with Gasteiger partial charge in [0.05, 0.1) is 11.8 Å². The Bertz CT molecular complexity index is 1010. The Morgan fingerprint density at radius 2 is 1.92 bits per heavy atom. The third-order valence-corrected chi connectivity index (χ3v) is 5.12. The number of hydrazone groups is 1. The largest absolute Gasteiger partial charge is 0.494 e. The fraction of sp³-hybridized carbons (Fsp3) is 0.333. The number of hydrogen-bond donors (Lipinski definition) is 1. The third kappa shape index (κ3) is 2.86. The van der Waals surface area contributed by atoms with E-state index < -0.39 is 5.56 Å². The summed E-state index contributed by atoms with van der Waals surface area (Å²) in [7, 11) is 3.13. The van der Waals surface area contributed by atoms with E-state index in [1.54, 1.807) is 21.0 Å². The van der Waals surface area contributed by atoms with Crippen molar-refractivity contribution in [1.82, 2.24) is 14.1 Å². The lowest BCUT2D eigenvalue weighted by molar-refractivity contribution is -0.132. The quantitative estimate of drug-likeness (QED) is 0.838. The van der Waals surface area contributed by atoms with E-state index in [4.69, 9.17) is 12.2 Å². The molecule has 1 atom stereocenters. The van der Waals surface area contributed by atoms with Gasteiger partial charge in [-0.1, -0.05) is 37.3 Å². The van der Waals surface area contributed by atoms with Crippen molar-refractivity contribution in [2.24, 2.45) is 19.2 Å². The highest BCUT2D eigenvalue weighted by molar-refractivity contribution is 7.71. The monoisotopic (exact) mass is 372 g/mol. The van der Waals surface area contributed by atoms with Crippen LogP contribution in [0.4, 0.5) is 0 Å². The minimum absolute atomic E-state index is 0.0796. The molecular formula is C18H20N4O3S. The molecular weight excluding hydrogens is 352 g/mol. The number of amides is 1. The van der Waals surface area contributed by atoms with Gasteiger partial charge in [0.2, 0.25) is 11.8 Å². The van der Waals surface area contributed by atoms with Crippen LogP contribution in [0.2, 0.25) is 0 Å². The van der Waals surface area contributed by atoms with Crippen molar-refractivity contribution in [2.75, 3.05) is 0 Å². The molecule has 1 aliphatic heterocycles. The molecule has 2 heterocycles. The normalized spacial score (nSPS) is 16.7. The lowest BCUT2D eigenvalue weighted by atomic mass is 9.99. The van der Waals surface area contributed by atoms with Crippen molar-refractivity contribution in [3.8, 4) is 5.88 Å². The van der Waals surface area contributed by atoms with Crippen molar-refractivity contribution in [1.29, 1.82) is 0 Å². The number of carbonyl (C=O) groups is 1. The van der Waals surface area contributed by atoms with E-state index in [1.807, 2.05) is 30.3 Å². The van der Waals surface area contributed by atoms with Gasteiger partial charge >= 0.3 is 0 Å². The van der Waals surface area contributed by atoms with Gasteiger partial charge < -0.3 is 5.11 Å². The molecule has 0 saturated carbocycles. The van der Waals surface area contributed by atoms with E-state index in [2.05, 4.69) is 5.10 Å². The van der Waals surface area contributed by atoms with Gasteiger partial charge in [-0.3, -0.25) is 18.7 Å². The van der Waals surface area contributed by atoms with Gasteiger partial charge in [-0.2, -0.15) is 5.10 Å². The predicted octanol–water partition coefficient (Wildman–Crippen LogP) is 2.25. The molecule has 7 nitrogen and oxygen atoms in total. The maximum Gasteiger partial charge on any atom is 0.267 e. The molecule has 1 aromatic carbocycles. The molecule has 0 bridgehead atoms. The summed E-state index contributed by atoms with van der Waals surface area (Å²) < 4.78 is 2.85. The lowest BCUT2D eigenvalue weighted by Crippen LogP contribution is -2.28. The van der Waals surface area contributed by atoms with Crippen LogP contribution in [-0.4, -0.2) is 30.9 Å². The number of rotatable bonds is 3. The summed E-state index contributed by atoms with van der Waals surface area (Å²) in [6, 6.07) is 9.22. The van der Waals surface area contributed by atoms with Crippen molar-refractivity contribution in [2.45, 2.75) is 25.8 Å². The van der Waals surface area contributed by atoms with Gasteiger partial charge in [0, 0.05) is 26.9 Å². The number of carbonyl (C=O) groups excluding carboxylic acids is 1. The van der Waals surface area contributed by atoms with Crippen LogP contribution >= 0.6 is 12.2 Å². The van der Waals surface area contributed by atoms with Crippen LogP contribution in [0.1, 0.15) is 36.9 Å². The Hall–Kier alpha value is -2.74. The molecule has 1 aliphatic rings. The molecule has 3 rings (SSSR count). The molecule has 136 valence electrons. The van der Waals surface area contributed by atoms with E-state index in [9.17, 15) is 14.7 Å². The minimum Gasteiger partial charge on any atom is -0.494 e. The van der Waals surface area contributed by atoms with Crippen LogP contribution in [0, 0.1) is 4.77 Å². The zero-order valence-corrected chi connectivity index (χ0v) is 15.7. The molecule has 8 heteroatoms. The van der Waals surface area contributed by atoms with E-state index in [0.717, 1.165) is 5.56 Å². The van der Waals surface area contributed by atoms with Crippen molar-refractivity contribution in [3.63, 3.8) is 0 Å². The Morgan fingerprint density at radius 1 is 1.27 bits per heavy atom. The topological polar surface area (TPSA) is 79.8 Å². The molecule has 0 spiro atoms. The van der Waals surface area contributed by atoms with Gasteiger partial charge in [-0.05, 0) is 17.8 Å². The fourth-order valence-electron chi connectivity index (χ4n) is 3.07. The predicted molar refractivity (Wildman–Crippen MR) is 101 cm³/mol. The molecule has 0 aliphatic carbocycles. The minimum atomic E-state index is -0.429. The van der Waals surface area contributed by atoms with E-state index in [-0.39, 0.29) is 28.2 Å². The van der Waals surface area contributed by atoms with Crippen LogP contribution in [-0.2, 0) is 18.9 Å². The van der Waals surface area contributed by atoms with Crippen LogP contribution in [0.5, 0.6) is 5.88 Å². The number of hydrogen-bond acceptors (Lipinski definition) is 5. The van der Waals surface area contributed by atoms with Gasteiger partial charge in [0.25, 0.3) is 5.56 Å². The highest BCUT2D eigenvalue weighted by Crippen LogP contribution is 2.34. The summed E-state index contributed by atoms with van der Waals surface area (Å²) in [5.41, 5.74) is 0.955. The molecule has 0 radical (unpaired) electrons. The zero-order chi connectivity index (χ0) is 19.0. The molecule has 1 aromatic heterocycles. The van der Waals surface area contributed by atoms with Crippen LogP contribution < -0.4 is 5.56 Å². The summed E-state index contributed by atoms with van der Waals surface area (Å²) in [5.74, 6) is -0.385. The summed E-state index contributed by atoms with van der Waals surface area (Å²) >= 11 is 5.15. The summed E-state index contributed by atoms with van der Waals surface area (Å²) in [5, 5.41) is 16.3. The lowest BCUT2D eigenvalue weighted by Gasteiger charge is -2.21. The molecule has 1 amide bonds. The first-order valence-corrected chi connectivity index (χ1v) is 8.71. The first-order valence-electron chi connectivity index (χ1n) is 8.30. The standard InChI is InChI=1S/C18H20N4O3S/c1-4-14(23)22-13(11-8-6-5-7-9-11)10-12(19-22)15-16(24)20(2)18(26)21(3)17(15)25/h5-9,13,24H,4,10H2,1-3H3/t13-/m0/s1. The average Bonchev–Trinajstić information content (AvgIpc) is 3.10. The molecule has 0 fully saturated rings. The first-order chi connectivity index (χ1) is 12.4. The SMILES string of the molecule is CCC(=O)N1N=C(c2c(O)n(C)c(=S)n(C)c2=O)C[C@H]1c1ccccc1. The second-order valence-corrected chi connectivity index (χ2v) is 6.54. The van der Waals surface area contributed by atoms with Crippen molar-refractivity contribution < 1.29 is 9.90 Å². The number of benzene rings is 1. The van der Waals surface area contributed by atoms with E-state index in [1.165, 1.54) is 14.1 Å². The molecule has 2 aromatic rings. The smallest absolute Gasteiger partial charge is 0.267 e. The van der Waals surface area contributed by atoms with Crippen LogP contribution in [0.15, 0.2) is 40.2 Å². The van der Waals surface area contributed by atoms with Gasteiger partial charge in [0.1, 0.15) is 5.56 Å². The maximum atomic E-state index is 12.7. The summed E-state index contributed by atoms with van der Waals surface area (Å²) in [6.07, 6.45) is 0.637. The van der Waals surface area contributed by atoms with Crippen molar-refractivity contribution in [3.05, 3.63) is 56.6 Å². The highest BCUT2D eigenvalue weighted by Gasteiger charge is 2.35. The van der Waals surface area contributed by atoms with Gasteiger partial charge in [0.15, 0.2) is 4.77 Å². The van der Waals surface area contributed by atoms with E-state index >= 15 is 0 Å². The van der Waals surface area contributed by atoms with E-state index in [0.29, 0.717) is 18.6 Å². The van der Waals surface area contributed by atoms with Crippen LogP contribution in [0.25, 0.3) is 0 Å². The maximum absolute atomic E-state index is 12.7. The zero-order valence-electron chi connectivity index (χ0n) is 14.8. The number of aromatic hydroxyl groups is 1. The molecule has 0 saturated heterocycles. The Kier molecular flexibility index (Phi) is 4.78. The molecule has 26 heavy (non-hydrogen) atoms. The van der Waals surface area contributed by atoms with Crippen LogP contribution in [0.3, 0.4) is 0 Å². The highest BCUT2D eigenvalue weighted by atomic mass is 32.1. The Labute approximate surface area is 155 Å². The molecule has 1 N–H and O–H groups in total. The fourth-order valence-corrected chi connectivity index (χ4v) is 3.24. The number of nitrogens with zero attached hydrogens (tertiary/aromatic N) is 4. The third-order valence-electron chi connectivity index (χ3n) is 4.57. The number of aromatic nitrogens is 2. The Morgan fingerprint density at radius 3 is 2.54 bits per heavy atom. The summed E-state index contributed by atoms with van der Waals surface area (Å²) in [6.45, 7) is 1.76. The first kappa shape index (κ1) is 18.1.